The van der Waals surface area contributed by atoms with Crippen LogP contribution in [0.2, 0.25) is 0 Å². The van der Waals surface area contributed by atoms with Crippen LogP contribution in [0.1, 0.15) is 44.6 Å². The largest absolute Gasteiger partial charge is 0.508 e. The van der Waals surface area contributed by atoms with Gasteiger partial charge < -0.3 is 10.4 Å². The van der Waals surface area contributed by atoms with Crippen molar-refractivity contribution in [1.29, 1.82) is 0 Å². The van der Waals surface area contributed by atoms with E-state index in [0.29, 0.717) is 11.8 Å². The topological polar surface area (TPSA) is 32.3 Å². The van der Waals surface area contributed by atoms with Crippen molar-refractivity contribution in [2.45, 2.75) is 51.6 Å². The molecule has 1 aromatic carbocycles. The Morgan fingerprint density at radius 1 is 1.28 bits per heavy atom. The number of phenols is 1. The van der Waals surface area contributed by atoms with Gasteiger partial charge in [-0.3, -0.25) is 0 Å². The molecule has 18 heavy (non-hydrogen) atoms. The highest BCUT2D eigenvalue weighted by molar-refractivity contribution is 5.31. The van der Waals surface area contributed by atoms with Crippen molar-refractivity contribution in [2.24, 2.45) is 0 Å². The second kappa shape index (κ2) is 6.60. The van der Waals surface area contributed by atoms with Gasteiger partial charge in [0.05, 0.1) is 0 Å². The van der Waals surface area contributed by atoms with E-state index < -0.39 is 0 Å². The lowest BCUT2D eigenvalue weighted by atomic mass is 9.95. The van der Waals surface area contributed by atoms with Crippen molar-refractivity contribution >= 4 is 0 Å². The van der Waals surface area contributed by atoms with E-state index >= 15 is 0 Å². The fourth-order valence-electron chi connectivity index (χ4n) is 2.50. The van der Waals surface area contributed by atoms with Crippen LogP contribution in [-0.2, 0) is 6.54 Å². The van der Waals surface area contributed by atoms with E-state index in [-0.39, 0.29) is 0 Å². The maximum absolute atomic E-state index is 9.69. The zero-order chi connectivity index (χ0) is 12.8. The molecule has 2 rings (SSSR count). The summed E-state index contributed by atoms with van der Waals surface area (Å²) in [5, 5.41) is 13.2. The van der Waals surface area contributed by atoms with Gasteiger partial charge in [-0.2, -0.15) is 0 Å². The van der Waals surface area contributed by atoms with Crippen molar-refractivity contribution in [3.8, 4) is 5.75 Å². The highest BCUT2D eigenvalue weighted by atomic mass is 16.3. The third-order valence-corrected chi connectivity index (χ3v) is 3.59. The molecule has 98 valence electrons. The Kier molecular flexibility index (Phi) is 4.82. The third kappa shape index (κ3) is 3.88. The van der Waals surface area contributed by atoms with E-state index in [1.807, 2.05) is 18.2 Å². The molecule has 1 atom stereocenters. The Balaban J connectivity index is 1.79. The Bertz CT molecular complexity index is 411. The van der Waals surface area contributed by atoms with Crippen LogP contribution in [0.25, 0.3) is 0 Å². The van der Waals surface area contributed by atoms with Gasteiger partial charge in [0.2, 0.25) is 0 Å². The minimum atomic E-state index is 0.383. The Morgan fingerprint density at radius 3 is 2.83 bits per heavy atom. The van der Waals surface area contributed by atoms with E-state index in [9.17, 15) is 5.11 Å². The maximum atomic E-state index is 9.69. The van der Waals surface area contributed by atoms with Gasteiger partial charge in [-0.25, -0.2) is 0 Å². The smallest absolute Gasteiger partial charge is 0.120 e. The second-order valence-corrected chi connectivity index (χ2v) is 5.22. The molecule has 0 bridgehead atoms. The van der Waals surface area contributed by atoms with Crippen molar-refractivity contribution in [1.82, 2.24) is 5.32 Å². The van der Waals surface area contributed by atoms with Gasteiger partial charge in [-0.15, -0.1) is 0 Å². The molecule has 0 heterocycles. The summed E-state index contributed by atoms with van der Waals surface area (Å²) in [6.45, 7) is 2.95. The van der Waals surface area contributed by atoms with Crippen LogP contribution in [0.15, 0.2) is 35.9 Å². The first-order valence-electron chi connectivity index (χ1n) is 6.94. The highest BCUT2D eigenvalue weighted by Gasteiger charge is 2.09. The SMILES string of the molecule is CC(CC1=CCCCC1)NCc1ccccc1O. The van der Waals surface area contributed by atoms with Crippen molar-refractivity contribution in [3.63, 3.8) is 0 Å². The zero-order valence-corrected chi connectivity index (χ0v) is 11.2. The van der Waals surface area contributed by atoms with Gasteiger partial charge in [-0.1, -0.05) is 29.8 Å². The summed E-state index contributed by atoms with van der Waals surface area (Å²) < 4.78 is 0. The van der Waals surface area contributed by atoms with Gasteiger partial charge in [0, 0.05) is 18.2 Å². The molecule has 0 spiro atoms. The fraction of sp³-hybridized carbons (Fsp3) is 0.500. The number of para-hydroxylation sites is 1. The molecule has 1 aliphatic carbocycles. The summed E-state index contributed by atoms with van der Waals surface area (Å²) >= 11 is 0. The summed E-state index contributed by atoms with van der Waals surface area (Å²) in [4.78, 5) is 0. The van der Waals surface area contributed by atoms with Crippen LogP contribution in [0.3, 0.4) is 0 Å². The van der Waals surface area contributed by atoms with Crippen molar-refractivity contribution in [3.05, 3.63) is 41.5 Å². The number of phenolic OH excluding ortho intramolecular Hbond substituents is 1. The van der Waals surface area contributed by atoms with Gasteiger partial charge >= 0.3 is 0 Å². The van der Waals surface area contributed by atoms with Gasteiger partial charge in [0.15, 0.2) is 0 Å². The number of rotatable bonds is 5. The first kappa shape index (κ1) is 13.2. The summed E-state index contributed by atoms with van der Waals surface area (Å²) in [6, 6.07) is 7.99. The average Bonchev–Trinajstić information content (AvgIpc) is 2.39. The van der Waals surface area contributed by atoms with Crippen LogP contribution in [-0.4, -0.2) is 11.1 Å². The molecule has 2 N–H and O–H groups in total. The molecule has 0 radical (unpaired) electrons. The molecule has 0 saturated carbocycles. The molecule has 2 heteroatoms. The van der Waals surface area contributed by atoms with Gasteiger partial charge in [0.1, 0.15) is 5.75 Å². The second-order valence-electron chi connectivity index (χ2n) is 5.22. The minimum absolute atomic E-state index is 0.383. The molecule has 0 fully saturated rings. The van der Waals surface area contributed by atoms with Gasteiger partial charge in [-0.05, 0) is 45.1 Å². The number of benzene rings is 1. The predicted molar refractivity (Wildman–Crippen MR) is 75.6 cm³/mol. The summed E-state index contributed by atoms with van der Waals surface area (Å²) in [5.74, 6) is 0.383. The van der Waals surface area contributed by atoms with E-state index in [4.69, 9.17) is 0 Å². The molecule has 0 aromatic heterocycles. The first-order chi connectivity index (χ1) is 8.75. The van der Waals surface area contributed by atoms with Crippen LogP contribution >= 0.6 is 0 Å². The Hall–Kier alpha value is -1.28. The standard InChI is InChI=1S/C16H23NO/c1-13(11-14-7-3-2-4-8-14)17-12-15-9-5-6-10-16(15)18/h5-7,9-10,13,17-18H,2-4,8,11-12H2,1H3. The number of hydrogen-bond acceptors (Lipinski definition) is 2. The molecular weight excluding hydrogens is 222 g/mol. The van der Waals surface area contributed by atoms with Crippen molar-refractivity contribution in [2.75, 3.05) is 0 Å². The monoisotopic (exact) mass is 245 g/mol. The van der Waals surface area contributed by atoms with E-state index in [1.165, 1.54) is 25.7 Å². The molecule has 2 nitrogen and oxygen atoms in total. The average molecular weight is 245 g/mol. The van der Waals surface area contributed by atoms with Gasteiger partial charge in [0.25, 0.3) is 0 Å². The zero-order valence-electron chi connectivity index (χ0n) is 11.2. The lowest BCUT2D eigenvalue weighted by molar-refractivity contribution is 0.457. The molecule has 0 amide bonds. The Morgan fingerprint density at radius 2 is 2.11 bits per heavy atom. The van der Waals surface area contributed by atoms with Crippen LogP contribution < -0.4 is 5.32 Å². The summed E-state index contributed by atoms with van der Waals surface area (Å²) in [7, 11) is 0. The van der Waals surface area contributed by atoms with Crippen LogP contribution in [0.5, 0.6) is 5.75 Å². The lowest BCUT2D eigenvalue weighted by Gasteiger charge is -2.19. The normalized spacial score (nSPS) is 17.3. The number of nitrogens with one attached hydrogen (secondary N) is 1. The number of hydrogen-bond donors (Lipinski definition) is 2. The van der Waals surface area contributed by atoms with E-state index in [1.54, 1.807) is 11.6 Å². The molecular formula is C16H23NO. The van der Waals surface area contributed by atoms with Crippen molar-refractivity contribution < 1.29 is 5.11 Å². The molecule has 0 saturated heterocycles. The minimum Gasteiger partial charge on any atom is -0.508 e. The Labute approximate surface area is 110 Å². The lowest BCUT2D eigenvalue weighted by Crippen LogP contribution is -2.26. The molecule has 1 aromatic rings. The summed E-state index contributed by atoms with van der Waals surface area (Å²) in [6.07, 6.45) is 8.75. The number of aromatic hydroxyl groups is 1. The molecule has 1 aliphatic rings. The first-order valence-corrected chi connectivity index (χ1v) is 6.94. The quantitative estimate of drug-likeness (QED) is 0.774. The number of allylic oxidation sites excluding steroid dienone is 1. The molecule has 0 aliphatic heterocycles. The third-order valence-electron chi connectivity index (χ3n) is 3.59. The highest BCUT2D eigenvalue weighted by Crippen LogP contribution is 2.21. The van der Waals surface area contributed by atoms with Crippen LogP contribution in [0, 0.1) is 0 Å². The fourth-order valence-corrected chi connectivity index (χ4v) is 2.50. The summed E-state index contributed by atoms with van der Waals surface area (Å²) in [5.41, 5.74) is 2.57. The molecule has 1 unspecified atom stereocenters. The van der Waals surface area contributed by atoms with Crippen LogP contribution in [0.4, 0.5) is 0 Å². The maximum Gasteiger partial charge on any atom is 0.120 e. The van der Waals surface area contributed by atoms with E-state index in [0.717, 1.165) is 18.5 Å². The van der Waals surface area contributed by atoms with E-state index in [2.05, 4.69) is 18.3 Å². The predicted octanol–water partition coefficient (Wildman–Crippen LogP) is 3.76.